The van der Waals surface area contributed by atoms with Crippen LogP contribution in [0.15, 0.2) is 18.2 Å². The summed E-state index contributed by atoms with van der Waals surface area (Å²) in [7, 11) is 0. The van der Waals surface area contributed by atoms with Crippen LogP contribution in [0, 0.1) is 12.8 Å². The summed E-state index contributed by atoms with van der Waals surface area (Å²) in [6.45, 7) is 10.4. The summed E-state index contributed by atoms with van der Waals surface area (Å²) in [6, 6.07) is 6.46. The van der Waals surface area contributed by atoms with Crippen molar-refractivity contribution < 1.29 is 4.74 Å². The van der Waals surface area contributed by atoms with Crippen LogP contribution in [-0.4, -0.2) is 37.2 Å². The minimum atomic E-state index is 0.280. The Morgan fingerprint density at radius 3 is 2.89 bits per heavy atom. The lowest BCUT2D eigenvalue weighted by molar-refractivity contribution is 0.143. The fourth-order valence-corrected chi connectivity index (χ4v) is 2.80. The van der Waals surface area contributed by atoms with E-state index < -0.39 is 0 Å². The van der Waals surface area contributed by atoms with E-state index in [1.807, 2.05) is 0 Å². The van der Waals surface area contributed by atoms with Crippen LogP contribution in [0.3, 0.4) is 0 Å². The van der Waals surface area contributed by atoms with E-state index >= 15 is 0 Å². The molecule has 0 saturated heterocycles. The lowest BCUT2D eigenvalue weighted by atomic mass is 10.1. The summed E-state index contributed by atoms with van der Waals surface area (Å²) in [5.74, 6) is 1.73. The monoisotopic (exact) mass is 262 g/mol. The van der Waals surface area contributed by atoms with Gasteiger partial charge >= 0.3 is 0 Å². The van der Waals surface area contributed by atoms with Crippen molar-refractivity contribution in [3.05, 3.63) is 29.3 Å². The normalized spacial score (nSPS) is 17.9. The number of aryl methyl sites for hydroxylation is 1. The zero-order valence-corrected chi connectivity index (χ0v) is 12.4. The third kappa shape index (κ3) is 3.95. The highest BCUT2D eigenvalue weighted by atomic mass is 16.5. The molecule has 2 rings (SSSR count). The molecule has 1 aromatic rings. The molecule has 0 spiro atoms. The van der Waals surface area contributed by atoms with Crippen molar-refractivity contribution in [2.45, 2.75) is 33.3 Å². The fraction of sp³-hybridized carbons (Fsp3) is 0.625. The van der Waals surface area contributed by atoms with Gasteiger partial charge in [0, 0.05) is 32.6 Å². The first-order valence-electron chi connectivity index (χ1n) is 7.27. The quantitative estimate of drug-likeness (QED) is 0.854. The molecule has 3 nitrogen and oxygen atoms in total. The van der Waals surface area contributed by atoms with E-state index in [2.05, 4.69) is 43.9 Å². The zero-order valence-electron chi connectivity index (χ0n) is 12.4. The highest BCUT2D eigenvalue weighted by Crippen LogP contribution is 2.29. The third-order valence-electron chi connectivity index (χ3n) is 3.49. The predicted octanol–water partition coefficient (Wildman–Crippen LogP) is 2.22. The average Bonchev–Trinajstić information content (AvgIpc) is 2.69. The number of fused-ring (bicyclic) bond motifs is 1. The molecule has 1 aromatic carbocycles. The molecule has 1 aliphatic rings. The second-order valence-electron chi connectivity index (χ2n) is 6.00. The van der Waals surface area contributed by atoms with Gasteiger partial charge < -0.3 is 10.5 Å². The molecule has 1 unspecified atom stereocenters. The summed E-state index contributed by atoms with van der Waals surface area (Å²) in [5.41, 5.74) is 8.36. The molecule has 0 fully saturated rings. The van der Waals surface area contributed by atoms with Crippen molar-refractivity contribution in [1.82, 2.24) is 4.90 Å². The Bertz CT molecular complexity index is 417. The van der Waals surface area contributed by atoms with E-state index in [9.17, 15) is 0 Å². The van der Waals surface area contributed by atoms with Crippen LogP contribution < -0.4 is 10.5 Å². The van der Waals surface area contributed by atoms with Crippen molar-refractivity contribution in [2.24, 2.45) is 11.7 Å². The topological polar surface area (TPSA) is 38.5 Å². The summed E-state index contributed by atoms with van der Waals surface area (Å²) < 4.78 is 6.04. The summed E-state index contributed by atoms with van der Waals surface area (Å²) >= 11 is 0. The van der Waals surface area contributed by atoms with Crippen LogP contribution in [0.1, 0.15) is 25.0 Å². The fourth-order valence-electron chi connectivity index (χ4n) is 2.80. The predicted molar refractivity (Wildman–Crippen MR) is 79.6 cm³/mol. The van der Waals surface area contributed by atoms with Gasteiger partial charge in [-0.1, -0.05) is 31.5 Å². The number of nitrogens with zero attached hydrogens (tertiary/aromatic N) is 1. The van der Waals surface area contributed by atoms with E-state index in [1.54, 1.807) is 0 Å². The highest BCUT2D eigenvalue weighted by molar-refractivity contribution is 5.40. The van der Waals surface area contributed by atoms with Gasteiger partial charge in [0.2, 0.25) is 0 Å². The standard InChI is InChI=1S/C16H26N2O/c1-12(2)10-18(7-6-17)11-15-9-14-8-13(3)4-5-16(14)19-15/h4-5,8,12,15H,6-7,9-11,17H2,1-3H3. The molecule has 0 radical (unpaired) electrons. The number of hydrogen-bond donors (Lipinski definition) is 1. The van der Waals surface area contributed by atoms with E-state index in [4.69, 9.17) is 10.5 Å². The van der Waals surface area contributed by atoms with Gasteiger partial charge in [-0.3, -0.25) is 4.90 Å². The number of hydrogen-bond acceptors (Lipinski definition) is 3. The first-order chi connectivity index (χ1) is 9.08. The van der Waals surface area contributed by atoms with E-state index in [0.717, 1.165) is 31.8 Å². The molecule has 3 heteroatoms. The average molecular weight is 262 g/mol. The second kappa shape index (κ2) is 6.40. The van der Waals surface area contributed by atoms with Gasteiger partial charge in [-0.15, -0.1) is 0 Å². The molecular weight excluding hydrogens is 236 g/mol. The van der Waals surface area contributed by atoms with Crippen LogP contribution in [0.2, 0.25) is 0 Å². The third-order valence-corrected chi connectivity index (χ3v) is 3.49. The van der Waals surface area contributed by atoms with Crippen molar-refractivity contribution in [1.29, 1.82) is 0 Å². The maximum Gasteiger partial charge on any atom is 0.123 e. The van der Waals surface area contributed by atoms with Gasteiger partial charge in [-0.25, -0.2) is 0 Å². The van der Waals surface area contributed by atoms with Crippen LogP contribution in [0.5, 0.6) is 5.75 Å². The van der Waals surface area contributed by atoms with Crippen molar-refractivity contribution in [3.63, 3.8) is 0 Å². The minimum Gasteiger partial charge on any atom is -0.488 e. The summed E-state index contributed by atoms with van der Waals surface area (Å²) in [6.07, 6.45) is 1.30. The zero-order chi connectivity index (χ0) is 13.8. The first kappa shape index (κ1) is 14.4. The van der Waals surface area contributed by atoms with E-state index in [0.29, 0.717) is 12.5 Å². The Morgan fingerprint density at radius 1 is 1.42 bits per heavy atom. The largest absolute Gasteiger partial charge is 0.488 e. The SMILES string of the molecule is Cc1ccc2c(c1)CC(CN(CCN)CC(C)C)O2. The maximum atomic E-state index is 6.04. The number of benzene rings is 1. The molecule has 106 valence electrons. The van der Waals surface area contributed by atoms with Crippen LogP contribution in [0.25, 0.3) is 0 Å². The van der Waals surface area contributed by atoms with Gasteiger partial charge in [0.15, 0.2) is 0 Å². The van der Waals surface area contributed by atoms with Crippen molar-refractivity contribution in [2.75, 3.05) is 26.2 Å². The Hall–Kier alpha value is -1.06. The van der Waals surface area contributed by atoms with Crippen LogP contribution >= 0.6 is 0 Å². The molecule has 1 atom stereocenters. The van der Waals surface area contributed by atoms with Gasteiger partial charge in [-0.2, -0.15) is 0 Å². The molecule has 0 bridgehead atoms. The smallest absolute Gasteiger partial charge is 0.123 e. The van der Waals surface area contributed by atoms with E-state index in [1.165, 1.54) is 11.1 Å². The molecule has 19 heavy (non-hydrogen) atoms. The lowest BCUT2D eigenvalue weighted by Crippen LogP contribution is -2.39. The molecule has 1 aliphatic heterocycles. The summed E-state index contributed by atoms with van der Waals surface area (Å²) in [5, 5.41) is 0. The van der Waals surface area contributed by atoms with Crippen LogP contribution in [-0.2, 0) is 6.42 Å². The Balaban J connectivity index is 1.94. The molecule has 2 N–H and O–H groups in total. The second-order valence-corrected chi connectivity index (χ2v) is 6.00. The van der Waals surface area contributed by atoms with Gasteiger partial charge in [0.1, 0.15) is 11.9 Å². The van der Waals surface area contributed by atoms with Gasteiger partial charge in [0.25, 0.3) is 0 Å². The lowest BCUT2D eigenvalue weighted by Gasteiger charge is -2.26. The van der Waals surface area contributed by atoms with Crippen molar-refractivity contribution >= 4 is 0 Å². The Morgan fingerprint density at radius 2 is 2.21 bits per heavy atom. The number of ether oxygens (including phenoxy) is 1. The maximum absolute atomic E-state index is 6.04. The molecule has 0 aliphatic carbocycles. The molecule has 0 aromatic heterocycles. The van der Waals surface area contributed by atoms with Gasteiger partial charge in [-0.05, 0) is 24.5 Å². The van der Waals surface area contributed by atoms with Crippen LogP contribution in [0.4, 0.5) is 0 Å². The first-order valence-corrected chi connectivity index (χ1v) is 7.27. The number of rotatable bonds is 6. The summed E-state index contributed by atoms with van der Waals surface area (Å²) in [4.78, 5) is 2.42. The van der Waals surface area contributed by atoms with Gasteiger partial charge in [0.05, 0.1) is 0 Å². The van der Waals surface area contributed by atoms with E-state index in [-0.39, 0.29) is 6.10 Å². The molecule has 1 heterocycles. The highest BCUT2D eigenvalue weighted by Gasteiger charge is 2.24. The van der Waals surface area contributed by atoms with Crippen molar-refractivity contribution in [3.8, 4) is 5.75 Å². The minimum absolute atomic E-state index is 0.280. The Labute approximate surface area is 116 Å². The molecule has 0 saturated carbocycles. The Kier molecular flexibility index (Phi) is 4.83. The molecular formula is C16H26N2O. The molecule has 0 amide bonds. The number of nitrogens with two attached hydrogens (primary N) is 1.